The second-order valence-corrected chi connectivity index (χ2v) is 5.34. The summed E-state index contributed by atoms with van der Waals surface area (Å²) in [5.41, 5.74) is 4.42. The second-order valence-electron chi connectivity index (χ2n) is 4.22. The van der Waals surface area contributed by atoms with Gasteiger partial charge >= 0.3 is 5.97 Å². The lowest BCUT2D eigenvalue weighted by Crippen LogP contribution is -2.16. The van der Waals surface area contributed by atoms with Gasteiger partial charge in [0.05, 0.1) is 28.5 Å². The zero-order valence-corrected chi connectivity index (χ0v) is 12.4. The van der Waals surface area contributed by atoms with Crippen LogP contribution in [0.1, 0.15) is 11.3 Å². The van der Waals surface area contributed by atoms with Crippen molar-refractivity contribution < 1.29 is 9.90 Å². The molecule has 0 unspecified atom stereocenters. The van der Waals surface area contributed by atoms with Crippen molar-refractivity contribution in [3.05, 3.63) is 51.4 Å². The molecule has 0 bridgehead atoms. The van der Waals surface area contributed by atoms with Gasteiger partial charge in [0, 0.05) is 18.5 Å². The summed E-state index contributed by atoms with van der Waals surface area (Å²) in [4.78, 5) is 16.7. The number of thiazole rings is 1. The average molecular weight is 309 g/mol. The van der Waals surface area contributed by atoms with E-state index in [0.717, 1.165) is 23.0 Å². The number of carboxylic acid groups (broad SMARTS) is 1. The molecule has 0 saturated heterocycles. The summed E-state index contributed by atoms with van der Waals surface area (Å²) in [7, 11) is 1.94. The second kappa shape index (κ2) is 6.54. The van der Waals surface area contributed by atoms with Gasteiger partial charge in [-0.1, -0.05) is 17.7 Å². The molecule has 1 heterocycles. The standard InChI is InChI=1S/C14H13ClN2O2S/c1-17(7-11-8-20-9-16-11)13-4-2-10(6-12(13)15)3-5-14(18)19/h2-6,8-9H,7H2,1H3,(H,18,19)/b5-3+. The molecule has 0 aliphatic carbocycles. The Bertz CT molecular complexity index is 626. The first kappa shape index (κ1) is 14.6. The van der Waals surface area contributed by atoms with E-state index in [1.54, 1.807) is 22.9 Å². The normalized spacial score (nSPS) is 10.9. The third-order valence-corrected chi connectivity index (χ3v) is 3.62. The summed E-state index contributed by atoms with van der Waals surface area (Å²) < 4.78 is 0. The molecule has 2 rings (SSSR count). The summed E-state index contributed by atoms with van der Waals surface area (Å²) in [6.45, 7) is 0.674. The first-order chi connectivity index (χ1) is 9.56. The Hall–Kier alpha value is -1.85. The number of rotatable bonds is 5. The molecule has 0 atom stereocenters. The smallest absolute Gasteiger partial charge is 0.328 e. The lowest BCUT2D eigenvalue weighted by Gasteiger charge is -2.19. The van der Waals surface area contributed by atoms with Crippen LogP contribution in [0.2, 0.25) is 5.02 Å². The summed E-state index contributed by atoms with van der Waals surface area (Å²) in [6, 6.07) is 5.45. The lowest BCUT2D eigenvalue weighted by atomic mass is 10.2. The van der Waals surface area contributed by atoms with Crippen LogP contribution < -0.4 is 4.90 Å². The predicted molar refractivity (Wildman–Crippen MR) is 82.3 cm³/mol. The fourth-order valence-corrected chi connectivity index (χ4v) is 2.63. The Morgan fingerprint density at radius 3 is 2.95 bits per heavy atom. The van der Waals surface area contributed by atoms with Gasteiger partial charge in [-0.25, -0.2) is 9.78 Å². The molecule has 2 aromatic rings. The van der Waals surface area contributed by atoms with Crippen LogP contribution in [0.25, 0.3) is 6.08 Å². The van der Waals surface area contributed by atoms with Gasteiger partial charge in [0.1, 0.15) is 0 Å². The summed E-state index contributed by atoms with van der Waals surface area (Å²) >= 11 is 7.80. The first-order valence-corrected chi connectivity index (χ1v) is 7.17. The van der Waals surface area contributed by atoms with E-state index in [9.17, 15) is 4.79 Å². The molecule has 0 saturated carbocycles. The number of nitrogens with zero attached hydrogens (tertiary/aromatic N) is 2. The van der Waals surface area contributed by atoms with E-state index in [4.69, 9.17) is 16.7 Å². The van der Waals surface area contributed by atoms with Gasteiger partial charge in [-0.2, -0.15) is 0 Å². The summed E-state index contributed by atoms with van der Waals surface area (Å²) in [6.07, 6.45) is 2.60. The van der Waals surface area contributed by atoms with Crippen LogP contribution in [-0.2, 0) is 11.3 Å². The summed E-state index contributed by atoms with van der Waals surface area (Å²) in [5.74, 6) is -0.981. The van der Waals surface area contributed by atoms with Crippen LogP contribution in [-0.4, -0.2) is 23.1 Å². The van der Waals surface area contributed by atoms with Crippen molar-refractivity contribution in [2.24, 2.45) is 0 Å². The number of halogens is 1. The van der Waals surface area contributed by atoms with E-state index in [1.165, 1.54) is 6.08 Å². The topological polar surface area (TPSA) is 53.4 Å². The molecular weight excluding hydrogens is 296 g/mol. The van der Waals surface area contributed by atoms with E-state index in [2.05, 4.69) is 4.98 Å². The lowest BCUT2D eigenvalue weighted by molar-refractivity contribution is -0.131. The van der Waals surface area contributed by atoms with Gasteiger partial charge in [0.25, 0.3) is 0 Å². The Balaban J connectivity index is 2.14. The number of carbonyl (C=O) groups is 1. The molecular formula is C14H13ClN2O2S. The zero-order chi connectivity index (χ0) is 14.5. The molecule has 0 aliphatic rings. The Labute approximate surface area is 126 Å². The van der Waals surface area contributed by atoms with Crippen molar-refractivity contribution in [3.8, 4) is 0 Å². The first-order valence-electron chi connectivity index (χ1n) is 5.85. The van der Waals surface area contributed by atoms with Crippen molar-refractivity contribution in [1.29, 1.82) is 0 Å². The molecule has 1 aromatic heterocycles. The van der Waals surface area contributed by atoms with Crippen LogP contribution in [0.4, 0.5) is 5.69 Å². The predicted octanol–water partition coefficient (Wildman–Crippen LogP) is 3.53. The minimum atomic E-state index is -0.981. The molecule has 6 heteroatoms. The molecule has 0 radical (unpaired) electrons. The van der Waals surface area contributed by atoms with Crippen molar-refractivity contribution in [3.63, 3.8) is 0 Å². The largest absolute Gasteiger partial charge is 0.478 e. The number of aromatic nitrogens is 1. The van der Waals surface area contributed by atoms with Gasteiger partial charge in [-0.15, -0.1) is 11.3 Å². The third-order valence-electron chi connectivity index (χ3n) is 2.68. The zero-order valence-electron chi connectivity index (χ0n) is 10.8. The summed E-state index contributed by atoms with van der Waals surface area (Å²) in [5, 5.41) is 11.2. The van der Waals surface area contributed by atoms with Gasteiger partial charge in [0.2, 0.25) is 0 Å². The van der Waals surface area contributed by atoms with Crippen LogP contribution in [0.15, 0.2) is 35.2 Å². The Kier molecular flexibility index (Phi) is 4.76. The Morgan fingerprint density at radius 2 is 2.35 bits per heavy atom. The fourth-order valence-electron chi connectivity index (χ4n) is 1.75. The third kappa shape index (κ3) is 3.82. The van der Waals surface area contributed by atoms with Crippen molar-refractivity contribution >= 4 is 40.7 Å². The fraction of sp³-hybridized carbons (Fsp3) is 0.143. The number of hydrogen-bond donors (Lipinski definition) is 1. The monoisotopic (exact) mass is 308 g/mol. The van der Waals surface area contributed by atoms with Crippen molar-refractivity contribution in [2.45, 2.75) is 6.54 Å². The highest BCUT2D eigenvalue weighted by Crippen LogP contribution is 2.27. The molecule has 20 heavy (non-hydrogen) atoms. The van der Waals surface area contributed by atoms with Gasteiger partial charge in [0.15, 0.2) is 0 Å². The quantitative estimate of drug-likeness (QED) is 0.859. The van der Waals surface area contributed by atoms with E-state index in [1.807, 2.05) is 29.5 Å². The van der Waals surface area contributed by atoms with Crippen LogP contribution in [0.5, 0.6) is 0 Å². The van der Waals surface area contributed by atoms with Crippen LogP contribution in [0, 0.1) is 0 Å². The number of aliphatic carboxylic acids is 1. The van der Waals surface area contributed by atoms with Crippen LogP contribution >= 0.6 is 22.9 Å². The van der Waals surface area contributed by atoms with Crippen molar-refractivity contribution in [2.75, 3.05) is 11.9 Å². The van der Waals surface area contributed by atoms with Gasteiger partial charge < -0.3 is 10.0 Å². The molecule has 0 fully saturated rings. The molecule has 4 nitrogen and oxygen atoms in total. The number of hydrogen-bond acceptors (Lipinski definition) is 4. The van der Waals surface area contributed by atoms with Crippen molar-refractivity contribution in [1.82, 2.24) is 4.98 Å². The van der Waals surface area contributed by atoms with E-state index in [-0.39, 0.29) is 0 Å². The Morgan fingerprint density at radius 1 is 1.55 bits per heavy atom. The number of benzene rings is 1. The van der Waals surface area contributed by atoms with E-state index >= 15 is 0 Å². The SMILES string of the molecule is CN(Cc1cscn1)c1ccc(/C=C/C(=O)O)cc1Cl. The van der Waals surface area contributed by atoms with E-state index in [0.29, 0.717) is 11.6 Å². The maximum Gasteiger partial charge on any atom is 0.328 e. The highest BCUT2D eigenvalue weighted by Gasteiger charge is 2.08. The molecule has 0 spiro atoms. The molecule has 0 amide bonds. The molecule has 1 N–H and O–H groups in total. The van der Waals surface area contributed by atoms with Gasteiger partial charge in [-0.05, 0) is 23.8 Å². The minimum absolute atomic E-state index is 0.579. The number of carboxylic acids is 1. The maximum atomic E-state index is 10.5. The maximum absolute atomic E-state index is 10.5. The minimum Gasteiger partial charge on any atom is -0.478 e. The molecule has 104 valence electrons. The molecule has 0 aliphatic heterocycles. The average Bonchev–Trinajstić information content (AvgIpc) is 2.89. The van der Waals surface area contributed by atoms with E-state index < -0.39 is 5.97 Å². The number of anilines is 1. The van der Waals surface area contributed by atoms with Gasteiger partial charge in [-0.3, -0.25) is 0 Å². The highest BCUT2D eigenvalue weighted by atomic mass is 35.5. The van der Waals surface area contributed by atoms with Crippen LogP contribution in [0.3, 0.4) is 0 Å². The highest BCUT2D eigenvalue weighted by molar-refractivity contribution is 7.07. The molecule has 1 aromatic carbocycles.